The van der Waals surface area contributed by atoms with E-state index in [1.165, 1.54) is 31.3 Å². The van der Waals surface area contributed by atoms with Gasteiger partial charge in [0.25, 0.3) is 23.6 Å². The van der Waals surface area contributed by atoms with E-state index >= 15 is 0 Å². The zero-order valence-corrected chi connectivity index (χ0v) is 17.9. The molecule has 0 bridgehead atoms. The summed E-state index contributed by atoms with van der Waals surface area (Å²) < 4.78 is 54.2. The van der Waals surface area contributed by atoms with Crippen molar-refractivity contribution in [3.8, 4) is 0 Å². The zero-order chi connectivity index (χ0) is 25.5. The molecule has 11 heteroatoms. The number of nitrogens with one attached hydrogen (secondary N) is 2. The highest BCUT2D eigenvalue weighted by Crippen LogP contribution is 2.37. The third kappa shape index (κ3) is 4.60. The van der Waals surface area contributed by atoms with E-state index in [2.05, 4.69) is 10.6 Å². The van der Waals surface area contributed by atoms with Crippen molar-refractivity contribution in [2.75, 3.05) is 17.7 Å². The second-order valence-electron chi connectivity index (χ2n) is 7.60. The number of amides is 4. The number of carbonyl (C=O) groups is 4. The summed E-state index contributed by atoms with van der Waals surface area (Å²) in [4.78, 5) is 49.9. The number of alkyl halides is 3. The summed E-state index contributed by atoms with van der Waals surface area (Å²) in [7, 11) is 1.27. The minimum absolute atomic E-state index is 0.0277. The van der Waals surface area contributed by atoms with Gasteiger partial charge in [-0.3, -0.25) is 24.1 Å². The lowest BCUT2D eigenvalue weighted by atomic mass is 10.0. The Morgan fingerprint density at radius 2 is 1.37 bits per heavy atom. The van der Waals surface area contributed by atoms with E-state index in [-0.39, 0.29) is 27.9 Å². The van der Waals surface area contributed by atoms with Crippen LogP contribution in [0.4, 0.5) is 28.9 Å². The number of imide groups is 1. The van der Waals surface area contributed by atoms with Crippen LogP contribution in [0, 0.1) is 5.82 Å². The molecule has 0 aliphatic carbocycles. The Kier molecular flexibility index (Phi) is 5.85. The maximum absolute atomic E-state index is 13.7. The molecule has 1 aliphatic heterocycles. The number of hydrogen-bond acceptors (Lipinski definition) is 4. The number of halogens is 4. The summed E-state index contributed by atoms with van der Waals surface area (Å²) in [5.41, 5.74) is -2.03. The Labute approximate surface area is 195 Å². The van der Waals surface area contributed by atoms with Gasteiger partial charge >= 0.3 is 6.18 Å². The highest BCUT2D eigenvalue weighted by Gasteiger charge is 2.36. The largest absolute Gasteiger partial charge is 0.418 e. The lowest BCUT2D eigenvalue weighted by Gasteiger charge is -2.16. The molecule has 178 valence electrons. The number of rotatable bonds is 4. The molecule has 3 aromatic carbocycles. The van der Waals surface area contributed by atoms with Crippen LogP contribution in [-0.2, 0) is 6.18 Å². The van der Waals surface area contributed by atoms with Gasteiger partial charge in [-0.15, -0.1) is 0 Å². The predicted octanol–water partition coefficient (Wildman–Crippen LogP) is 4.57. The number of nitrogens with zero attached hydrogens (tertiary/aromatic N) is 1. The molecule has 7 nitrogen and oxygen atoms in total. The fourth-order valence-electron chi connectivity index (χ4n) is 3.47. The maximum atomic E-state index is 13.7. The van der Waals surface area contributed by atoms with E-state index in [9.17, 15) is 36.7 Å². The standard InChI is InChI=1S/C24H15F4N3O4/c1-31-22(34)16-8-4-13(10-17(16)23(31)35)21(33)30-19-9-7-15(11-18(19)24(26,27)28)29-20(32)12-2-5-14(25)6-3-12/h2-11H,1H3,(H,29,32)(H,30,33). The summed E-state index contributed by atoms with van der Waals surface area (Å²) in [5, 5.41) is 4.45. The van der Waals surface area contributed by atoms with Gasteiger partial charge in [0.1, 0.15) is 5.82 Å². The van der Waals surface area contributed by atoms with Gasteiger partial charge in [0.2, 0.25) is 0 Å². The second-order valence-corrected chi connectivity index (χ2v) is 7.60. The molecule has 0 saturated carbocycles. The highest BCUT2D eigenvalue weighted by molar-refractivity contribution is 6.22. The minimum atomic E-state index is -4.89. The van der Waals surface area contributed by atoms with Gasteiger partial charge in [0, 0.05) is 23.9 Å². The van der Waals surface area contributed by atoms with E-state index in [1.54, 1.807) is 0 Å². The molecular weight excluding hydrogens is 470 g/mol. The summed E-state index contributed by atoms with van der Waals surface area (Å²) in [6.07, 6.45) is -4.89. The van der Waals surface area contributed by atoms with Crippen LogP contribution in [0.15, 0.2) is 60.7 Å². The number of hydrogen-bond donors (Lipinski definition) is 2. The smallest absolute Gasteiger partial charge is 0.322 e. The van der Waals surface area contributed by atoms with Gasteiger partial charge in [0.05, 0.1) is 22.4 Å². The van der Waals surface area contributed by atoms with E-state index in [0.717, 1.165) is 35.2 Å². The Hall–Kier alpha value is -4.54. The monoisotopic (exact) mass is 485 g/mol. The van der Waals surface area contributed by atoms with Crippen molar-refractivity contribution in [2.24, 2.45) is 0 Å². The number of fused-ring (bicyclic) bond motifs is 1. The molecule has 2 N–H and O–H groups in total. The SMILES string of the molecule is CN1C(=O)c2ccc(C(=O)Nc3ccc(NC(=O)c4ccc(F)cc4)cc3C(F)(F)F)cc2C1=O. The Morgan fingerprint density at radius 3 is 2.03 bits per heavy atom. The van der Waals surface area contributed by atoms with Crippen molar-refractivity contribution >= 4 is 35.0 Å². The van der Waals surface area contributed by atoms with Gasteiger partial charge in [-0.25, -0.2) is 4.39 Å². The molecule has 4 amide bonds. The average Bonchev–Trinajstić information content (AvgIpc) is 3.03. The number of carbonyl (C=O) groups excluding carboxylic acids is 4. The third-order valence-electron chi connectivity index (χ3n) is 5.29. The van der Waals surface area contributed by atoms with Crippen LogP contribution < -0.4 is 10.6 Å². The van der Waals surface area contributed by atoms with Crippen molar-refractivity contribution in [1.29, 1.82) is 0 Å². The Bertz CT molecular complexity index is 1380. The topological polar surface area (TPSA) is 95.6 Å². The predicted molar refractivity (Wildman–Crippen MR) is 117 cm³/mol. The van der Waals surface area contributed by atoms with Crippen LogP contribution in [0.25, 0.3) is 0 Å². The maximum Gasteiger partial charge on any atom is 0.418 e. The van der Waals surface area contributed by atoms with Gasteiger partial charge in [-0.1, -0.05) is 0 Å². The van der Waals surface area contributed by atoms with Crippen LogP contribution in [-0.4, -0.2) is 35.6 Å². The molecule has 0 fully saturated rings. The first-order chi connectivity index (χ1) is 16.5. The summed E-state index contributed by atoms with van der Waals surface area (Å²) in [6, 6.07) is 10.8. The minimum Gasteiger partial charge on any atom is -0.322 e. The third-order valence-corrected chi connectivity index (χ3v) is 5.29. The molecule has 1 heterocycles. The van der Waals surface area contributed by atoms with E-state index in [1.807, 2.05) is 0 Å². The lowest BCUT2D eigenvalue weighted by Crippen LogP contribution is -2.24. The quantitative estimate of drug-likeness (QED) is 0.418. The van der Waals surface area contributed by atoms with Crippen molar-refractivity contribution in [2.45, 2.75) is 6.18 Å². The van der Waals surface area contributed by atoms with Gasteiger partial charge in [-0.2, -0.15) is 13.2 Å². The Morgan fingerprint density at radius 1 is 0.771 bits per heavy atom. The Balaban J connectivity index is 1.59. The normalized spacial score (nSPS) is 13.0. The summed E-state index contributed by atoms with van der Waals surface area (Å²) >= 11 is 0. The first-order valence-electron chi connectivity index (χ1n) is 10.0. The van der Waals surface area contributed by atoms with Gasteiger partial charge in [0.15, 0.2) is 0 Å². The molecular formula is C24H15F4N3O4. The molecule has 4 rings (SSSR count). The van der Waals surface area contributed by atoms with Crippen LogP contribution in [0.5, 0.6) is 0 Å². The zero-order valence-electron chi connectivity index (χ0n) is 17.9. The molecule has 1 aliphatic rings. The number of anilines is 2. The molecule has 35 heavy (non-hydrogen) atoms. The van der Waals surface area contributed by atoms with E-state index in [4.69, 9.17) is 0 Å². The fraction of sp³-hybridized carbons (Fsp3) is 0.0833. The van der Waals surface area contributed by atoms with Gasteiger partial charge < -0.3 is 10.6 Å². The average molecular weight is 485 g/mol. The first-order valence-corrected chi connectivity index (χ1v) is 10.0. The van der Waals surface area contributed by atoms with Crippen LogP contribution in [0.3, 0.4) is 0 Å². The van der Waals surface area contributed by atoms with Crippen LogP contribution in [0.2, 0.25) is 0 Å². The molecule has 0 radical (unpaired) electrons. The summed E-state index contributed by atoms with van der Waals surface area (Å²) in [5.74, 6) is -3.44. The van der Waals surface area contributed by atoms with Crippen molar-refractivity contribution in [3.05, 3.63) is 94.3 Å². The second kappa shape index (κ2) is 8.67. The van der Waals surface area contributed by atoms with Crippen LogP contribution in [0.1, 0.15) is 47.0 Å². The molecule has 0 unspecified atom stereocenters. The summed E-state index contributed by atoms with van der Waals surface area (Å²) in [6.45, 7) is 0. The van der Waals surface area contributed by atoms with E-state index < -0.39 is 46.9 Å². The molecule has 0 atom stereocenters. The van der Waals surface area contributed by atoms with Gasteiger partial charge in [-0.05, 0) is 60.7 Å². The van der Waals surface area contributed by atoms with E-state index in [0.29, 0.717) is 6.07 Å². The van der Waals surface area contributed by atoms with Crippen molar-refractivity contribution in [3.63, 3.8) is 0 Å². The number of benzene rings is 3. The molecule has 3 aromatic rings. The van der Waals surface area contributed by atoms with Crippen molar-refractivity contribution < 1.29 is 36.7 Å². The first kappa shape index (κ1) is 23.6. The highest BCUT2D eigenvalue weighted by atomic mass is 19.4. The van der Waals surface area contributed by atoms with Crippen LogP contribution >= 0.6 is 0 Å². The van der Waals surface area contributed by atoms with Crippen molar-refractivity contribution in [1.82, 2.24) is 4.90 Å². The lowest BCUT2D eigenvalue weighted by molar-refractivity contribution is -0.136. The molecule has 0 spiro atoms. The molecule has 0 saturated heterocycles. The molecule has 0 aromatic heterocycles. The fourth-order valence-corrected chi connectivity index (χ4v) is 3.47.